The summed E-state index contributed by atoms with van der Waals surface area (Å²) in [4.78, 5) is 23.4. The van der Waals surface area contributed by atoms with E-state index in [9.17, 15) is 30.8 Å². The van der Waals surface area contributed by atoms with Gasteiger partial charge in [-0.25, -0.2) is 27.3 Å². The predicted octanol–water partition coefficient (Wildman–Crippen LogP) is 3.88. The maximum atomic E-state index is 13.8. The Morgan fingerprint density at radius 1 is 1.37 bits per heavy atom. The number of carbonyl (C=O) groups excluding carboxylic acids is 1. The van der Waals surface area contributed by atoms with Crippen LogP contribution in [0.1, 0.15) is 30.0 Å². The van der Waals surface area contributed by atoms with Crippen molar-refractivity contribution in [2.24, 2.45) is 4.99 Å². The molecule has 15 heteroatoms. The summed E-state index contributed by atoms with van der Waals surface area (Å²) in [5.41, 5.74) is -4.81. The number of fused-ring (bicyclic) bond motifs is 1. The maximum absolute atomic E-state index is 13.8. The zero-order valence-electron chi connectivity index (χ0n) is 17.8. The van der Waals surface area contributed by atoms with E-state index in [2.05, 4.69) is 25.9 Å². The lowest BCUT2D eigenvalue weighted by atomic mass is 9.94. The quantitative estimate of drug-likeness (QED) is 0.401. The molecule has 2 atom stereocenters. The number of hydrogen-bond acceptors (Lipinski definition) is 8. The molecule has 1 aromatic carbocycles. The molecule has 0 unspecified atom stereocenters. The minimum Gasteiger partial charge on any atom is -0.463 e. The number of nitrogens with zero attached hydrogens (tertiary/aromatic N) is 3. The molecule has 2 aliphatic rings. The van der Waals surface area contributed by atoms with Gasteiger partial charge in [-0.2, -0.15) is 13.2 Å². The zero-order valence-corrected chi connectivity index (χ0v) is 21.1. The first kappa shape index (κ1) is 25.7. The molecule has 2 aliphatic heterocycles. The van der Waals surface area contributed by atoms with Crippen LogP contribution in [0, 0.1) is 5.82 Å². The van der Waals surface area contributed by atoms with Gasteiger partial charge in [-0.1, -0.05) is 22.0 Å². The van der Waals surface area contributed by atoms with Gasteiger partial charge in [0.1, 0.15) is 11.9 Å². The molecule has 0 radical (unpaired) electrons. The van der Waals surface area contributed by atoms with E-state index in [0.29, 0.717) is 15.0 Å². The van der Waals surface area contributed by atoms with Gasteiger partial charge in [0.2, 0.25) is 0 Å². The molecule has 0 spiro atoms. The van der Waals surface area contributed by atoms with Crippen molar-refractivity contribution in [3.05, 3.63) is 61.9 Å². The van der Waals surface area contributed by atoms with Crippen LogP contribution in [0.15, 0.2) is 50.5 Å². The number of ether oxygens (including phenoxy) is 1. The molecule has 35 heavy (non-hydrogen) atoms. The molecule has 0 amide bonds. The summed E-state index contributed by atoms with van der Waals surface area (Å²) in [6, 6.07) is 1.60. The number of rotatable bonds is 6. The van der Waals surface area contributed by atoms with Gasteiger partial charge >= 0.3 is 21.5 Å². The molecule has 8 nitrogen and oxygen atoms in total. The first-order valence-electron chi connectivity index (χ1n) is 10.1. The molecule has 1 fully saturated rings. The van der Waals surface area contributed by atoms with Crippen molar-refractivity contribution < 1.29 is 35.5 Å². The summed E-state index contributed by atoms with van der Waals surface area (Å²) in [6.45, 7) is 1.38. The molecule has 4 rings (SSSR count). The SMILES string of the molecule is CCOC(=O)C1=C2C[C@@H](NS(=O)(=O)C(F)(F)F)CN2C(c2nccs2)=N[C@H]1c1ccc(F)cc1Br. The number of aromatic nitrogens is 1. The van der Waals surface area contributed by atoms with Gasteiger partial charge in [0, 0.05) is 40.8 Å². The van der Waals surface area contributed by atoms with Crippen LogP contribution in [-0.2, 0) is 19.6 Å². The van der Waals surface area contributed by atoms with E-state index in [0.717, 1.165) is 0 Å². The summed E-state index contributed by atoms with van der Waals surface area (Å²) in [6.07, 6.45) is 1.28. The molecular weight excluding hydrogens is 580 g/mol. The van der Waals surface area contributed by atoms with Crippen molar-refractivity contribution in [2.75, 3.05) is 13.2 Å². The molecule has 3 heterocycles. The molecule has 2 aromatic rings. The van der Waals surface area contributed by atoms with Crippen LogP contribution in [0.2, 0.25) is 0 Å². The molecule has 0 aliphatic carbocycles. The molecular formula is C20H17BrF4N4O4S2. The fourth-order valence-corrected chi connectivity index (χ4v) is 5.82. The van der Waals surface area contributed by atoms with Crippen LogP contribution in [0.25, 0.3) is 0 Å². The van der Waals surface area contributed by atoms with E-state index in [1.807, 2.05) is 0 Å². The fraction of sp³-hybridized carbons (Fsp3) is 0.350. The number of thiazole rings is 1. The molecule has 0 bridgehead atoms. The molecule has 188 valence electrons. The van der Waals surface area contributed by atoms with Crippen molar-refractivity contribution in [3.63, 3.8) is 0 Å². The van der Waals surface area contributed by atoms with E-state index < -0.39 is 39.4 Å². The zero-order chi connectivity index (χ0) is 25.5. The fourth-order valence-electron chi connectivity index (χ4n) is 3.88. The lowest BCUT2D eigenvalue weighted by Crippen LogP contribution is -2.44. The third kappa shape index (κ3) is 4.99. The molecule has 1 saturated heterocycles. The Morgan fingerprint density at radius 2 is 2.11 bits per heavy atom. The second-order valence-electron chi connectivity index (χ2n) is 7.52. The van der Waals surface area contributed by atoms with Crippen molar-refractivity contribution in [2.45, 2.75) is 30.9 Å². The van der Waals surface area contributed by atoms with E-state index >= 15 is 0 Å². The van der Waals surface area contributed by atoms with Gasteiger partial charge in [0.05, 0.1) is 12.2 Å². The number of hydrogen-bond donors (Lipinski definition) is 1. The Labute approximate surface area is 209 Å². The first-order chi connectivity index (χ1) is 16.4. The highest BCUT2D eigenvalue weighted by atomic mass is 79.9. The third-order valence-electron chi connectivity index (χ3n) is 5.26. The number of aliphatic imine (C=N–C) groups is 1. The number of sulfonamides is 1. The van der Waals surface area contributed by atoms with Gasteiger partial charge in [-0.3, -0.25) is 4.99 Å². The Balaban J connectivity index is 1.86. The van der Waals surface area contributed by atoms with Gasteiger partial charge in [-0.05, 0) is 24.6 Å². The Morgan fingerprint density at radius 3 is 2.71 bits per heavy atom. The number of nitrogens with one attached hydrogen (secondary N) is 1. The van der Waals surface area contributed by atoms with E-state index in [1.165, 1.54) is 40.6 Å². The van der Waals surface area contributed by atoms with Gasteiger partial charge in [0.25, 0.3) is 0 Å². The molecule has 1 aromatic heterocycles. The number of esters is 1. The van der Waals surface area contributed by atoms with E-state index in [1.54, 1.807) is 17.0 Å². The highest BCUT2D eigenvalue weighted by Crippen LogP contribution is 2.43. The largest absolute Gasteiger partial charge is 0.511 e. The Bertz CT molecular complexity index is 1310. The standard InChI is InChI=1S/C20H17BrF4N4O4S2/c1-2-33-19(30)15-14-8-11(28-35(31,32)20(23,24)25)9-29(14)17(18-26-5-6-34-18)27-16(15)12-4-3-10(22)7-13(12)21/h3-7,11,16,28H,2,8-9H2,1H3/t11-,16+/m1/s1. The Hall–Kier alpha value is -2.36. The number of halogens is 5. The smallest absolute Gasteiger partial charge is 0.463 e. The van der Waals surface area contributed by atoms with Crippen molar-refractivity contribution in [3.8, 4) is 0 Å². The lowest BCUT2D eigenvalue weighted by molar-refractivity contribution is -0.139. The van der Waals surface area contributed by atoms with Crippen LogP contribution < -0.4 is 4.72 Å². The molecule has 1 N–H and O–H groups in total. The summed E-state index contributed by atoms with van der Waals surface area (Å²) >= 11 is 4.49. The minimum absolute atomic E-state index is 0.0140. The molecule has 0 saturated carbocycles. The minimum atomic E-state index is -5.64. The average molecular weight is 597 g/mol. The van der Waals surface area contributed by atoms with Crippen molar-refractivity contribution in [1.29, 1.82) is 0 Å². The van der Waals surface area contributed by atoms with Crippen LogP contribution in [0.4, 0.5) is 17.6 Å². The van der Waals surface area contributed by atoms with Gasteiger partial charge < -0.3 is 9.64 Å². The third-order valence-corrected chi connectivity index (χ3v) is 7.97. The van der Waals surface area contributed by atoms with Gasteiger partial charge in [-0.15, -0.1) is 11.3 Å². The topological polar surface area (TPSA) is 101 Å². The summed E-state index contributed by atoms with van der Waals surface area (Å²) < 4.78 is 83.5. The maximum Gasteiger partial charge on any atom is 0.511 e. The lowest BCUT2D eigenvalue weighted by Gasteiger charge is -2.31. The highest BCUT2D eigenvalue weighted by molar-refractivity contribution is 9.10. The summed E-state index contributed by atoms with van der Waals surface area (Å²) in [5.74, 6) is -1.05. The second-order valence-corrected chi connectivity index (χ2v) is 11.0. The van der Waals surface area contributed by atoms with Gasteiger partial charge in [0.15, 0.2) is 10.8 Å². The summed E-state index contributed by atoms with van der Waals surface area (Å²) in [7, 11) is -5.64. The second kappa shape index (κ2) is 9.59. The van der Waals surface area contributed by atoms with Crippen LogP contribution >= 0.6 is 27.3 Å². The van der Waals surface area contributed by atoms with E-state index in [4.69, 9.17) is 4.74 Å². The number of amidine groups is 1. The Kier molecular flexibility index (Phi) is 7.05. The van der Waals surface area contributed by atoms with Crippen molar-refractivity contribution >= 4 is 49.1 Å². The number of benzene rings is 1. The number of carbonyl (C=O) groups is 1. The van der Waals surface area contributed by atoms with E-state index in [-0.39, 0.29) is 36.7 Å². The van der Waals surface area contributed by atoms with Crippen molar-refractivity contribution in [1.82, 2.24) is 14.6 Å². The van der Waals surface area contributed by atoms with Crippen LogP contribution in [0.3, 0.4) is 0 Å². The highest BCUT2D eigenvalue weighted by Gasteiger charge is 2.49. The van der Waals surface area contributed by atoms with Crippen LogP contribution in [0.5, 0.6) is 0 Å². The first-order valence-corrected chi connectivity index (χ1v) is 13.3. The van der Waals surface area contributed by atoms with Crippen LogP contribution in [-0.4, -0.2) is 54.8 Å². The normalized spacial score (nSPS) is 20.6. The predicted molar refractivity (Wildman–Crippen MR) is 122 cm³/mol. The number of alkyl halides is 3. The monoisotopic (exact) mass is 596 g/mol. The summed E-state index contributed by atoms with van der Waals surface area (Å²) in [5, 5.41) is 2.08. The average Bonchev–Trinajstić information content (AvgIpc) is 3.41.